The Morgan fingerprint density at radius 3 is 2.69 bits per heavy atom. The van der Waals surface area contributed by atoms with Crippen LogP contribution in [-0.2, 0) is 10.0 Å². The van der Waals surface area contributed by atoms with Gasteiger partial charge in [-0.05, 0) is 54.5 Å². The topological polar surface area (TPSA) is 82.8 Å². The molecule has 1 aromatic carbocycles. The summed E-state index contributed by atoms with van der Waals surface area (Å²) in [5, 5.41) is 9.39. The molecule has 0 bridgehead atoms. The van der Waals surface area contributed by atoms with E-state index in [2.05, 4.69) is 9.71 Å². The standard InChI is InChI=1S/C19H20ClN3O2S/c1-2-7-26(24,25)23-19(13-3-4-13)17-8-16(11-22-12-17)14-5-6-15(10-21)18(20)9-14/h5-6,8-9,11-13,19,23H,2-4,7H2,1H3. The number of nitriles is 1. The summed E-state index contributed by atoms with van der Waals surface area (Å²) in [6.07, 6.45) is 6.02. The molecule has 3 rings (SSSR count). The van der Waals surface area contributed by atoms with E-state index in [1.54, 1.807) is 24.5 Å². The zero-order valence-corrected chi connectivity index (χ0v) is 16.0. The number of nitrogens with zero attached hydrogens (tertiary/aromatic N) is 2. The quantitative estimate of drug-likeness (QED) is 0.774. The number of halogens is 1. The van der Waals surface area contributed by atoms with Crippen molar-refractivity contribution in [3.63, 3.8) is 0 Å². The zero-order valence-electron chi connectivity index (χ0n) is 14.4. The number of pyridine rings is 1. The van der Waals surface area contributed by atoms with Gasteiger partial charge in [-0.1, -0.05) is 24.6 Å². The van der Waals surface area contributed by atoms with E-state index in [4.69, 9.17) is 16.9 Å². The summed E-state index contributed by atoms with van der Waals surface area (Å²) in [7, 11) is -3.31. The van der Waals surface area contributed by atoms with Gasteiger partial charge in [0, 0.05) is 18.0 Å². The van der Waals surface area contributed by atoms with E-state index >= 15 is 0 Å². The molecular formula is C19H20ClN3O2S. The Bertz CT molecular complexity index is 949. The van der Waals surface area contributed by atoms with Crippen LogP contribution >= 0.6 is 11.6 Å². The number of rotatable bonds is 7. The van der Waals surface area contributed by atoms with Gasteiger partial charge in [-0.25, -0.2) is 13.1 Å². The van der Waals surface area contributed by atoms with Gasteiger partial charge >= 0.3 is 0 Å². The van der Waals surface area contributed by atoms with Crippen LogP contribution in [0.1, 0.15) is 43.4 Å². The fourth-order valence-corrected chi connectivity index (χ4v) is 4.55. The van der Waals surface area contributed by atoms with Crippen molar-refractivity contribution in [2.75, 3.05) is 5.75 Å². The first-order valence-electron chi connectivity index (χ1n) is 8.58. The first-order valence-corrected chi connectivity index (χ1v) is 10.6. The first kappa shape index (κ1) is 18.8. The fourth-order valence-electron chi connectivity index (χ4n) is 2.96. The van der Waals surface area contributed by atoms with Crippen molar-refractivity contribution < 1.29 is 8.42 Å². The third-order valence-corrected chi connectivity index (χ3v) is 6.29. The number of sulfonamides is 1. The van der Waals surface area contributed by atoms with Crippen LogP contribution in [-0.4, -0.2) is 19.2 Å². The minimum absolute atomic E-state index is 0.120. The number of benzene rings is 1. The molecule has 1 saturated carbocycles. The van der Waals surface area contributed by atoms with Gasteiger partial charge in [0.05, 0.1) is 22.4 Å². The highest BCUT2D eigenvalue weighted by Crippen LogP contribution is 2.42. The normalized spacial score (nSPS) is 15.4. The van der Waals surface area contributed by atoms with Gasteiger partial charge in [-0.2, -0.15) is 5.26 Å². The predicted molar refractivity (Wildman–Crippen MR) is 102 cm³/mol. The van der Waals surface area contributed by atoms with E-state index < -0.39 is 10.0 Å². The molecule has 0 amide bonds. The molecule has 26 heavy (non-hydrogen) atoms. The molecule has 0 aliphatic heterocycles. The Labute approximate surface area is 159 Å². The highest BCUT2D eigenvalue weighted by Gasteiger charge is 2.35. The summed E-state index contributed by atoms with van der Waals surface area (Å²) in [6, 6.07) is 8.95. The van der Waals surface area contributed by atoms with E-state index in [0.717, 1.165) is 29.5 Å². The summed E-state index contributed by atoms with van der Waals surface area (Å²) < 4.78 is 27.3. The second kappa shape index (κ2) is 7.75. The molecule has 1 atom stereocenters. The van der Waals surface area contributed by atoms with Gasteiger partial charge in [-0.15, -0.1) is 0 Å². The molecule has 1 aliphatic rings. The largest absolute Gasteiger partial charge is 0.264 e. The van der Waals surface area contributed by atoms with Crippen molar-refractivity contribution >= 4 is 21.6 Å². The lowest BCUT2D eigenvalue weighted by atomic mass is 10.00. The van der Waals surface area contributed by atoms with Crippen LogP contribution in [0.25, 0.3) is 11.1 Å². The van der Waals surface area contributed by atoms with Gasteiger partial charge in [0.2, 0.25) is 10.0 Å². The Kier molecular flexibility index (Phi) is 5.61. The van der Waals surface area contributed by atoms with E-state index in [1.165, 1.54) is 0 Å². The first-order chi connectivity index (χ1) is 12.4. The molecule has 1 heterocycles. The van der Waals surface area contributed by atoms with Gasteiger partial charge in [0.1, 0.15) is 6.07 Å². The van der Waals surface area contributed by atoms with Crippen LogP contribution in [0.4, 0.5) is 0 Å². The highest BCUT2D eigenvalue weighted by atomic mass is 35.5. The van der Waals surface area contributed by atoms with Gasteiger partial charge < -0.3 is 0 Å². The molecule has 0 saturated heterocycles. The lowest BCUT2D eigenvalue weighted by Crippen LogP contribution is -2.31. The molecule has 0 radical (unpaired) electrons. The molecular weight excluding hydrogens is 370 g/mol. The third kappa shape index (κ3) is 4.42. The molecule has 1 unspecified atom stereocenters. The Morgan fingerprint density at radius 1 is 1.31 bits per heavy atom. The summed E-state index contributed by atoms with van der Waals surface area (Å²) in [4.78, 5) is 4.30. The molecule has 1 fully saturated rings. The molecule has 1 N–H and O–H groups in total. The number of nitrogens with one attached hydrogen (secondary N) is 1. The van der Waals surface area contributed by atoms with Crippen LogP contribution in [0.15, 0.2) is 36.7 Å². The maximum absolute atomic E-state index is 12.2. The average Bonchev–Trinajstić information content (AvgIpc) is 3.45. The maximum Gasteiger partial charge on any atom is 0.212 e. The van der Waals surface area contributed by atoms with E-state index in [1.807, 2.05) is 25.1 Å². The maximum atomic E-state index is 12.2. The third-order valence-electron chi connectivity index (χ3n) is 4.41. The number of aromatic nitrogens is 1. The lowest BCUT2D eigenvalue weighted by molar-refractivity contribution is 0.527. The minimum atomic E-state index is -3.31. The molecule has 5 nitrogen and oxygen atoms in total. The Morgan fingerprint density at radius 2 is 2.08 bits per heavy atom. The zero-order chi connectivity index (χ0) is 18.7. The van der Waals surface area contributed by atoms with Crippen molar-refractivity contribution in [2.24, 2.45) is 5.92 Å². The van der Waals surface area contributed by atoms with Crippen LogP contribution in [0.3, 0.4) is 0 Å². The van der Waals surface area contributed by atoms with Crippen LogP contribution < -0.4 is 4.72 Å². The summed E-state index contributed by atoms with van der Waals surface area (Å²) in [6.45, 7) is 1.85. The Balaban J connectivity index is 1.92. The molecule has 2 aromatic rings. The second-order valence-electron chi connectivity index (χ2n) is 6.57. The van der Waals surface area contributed by atoms with Crippen molar-refractivity contribution in [2.45, 2.75) is 32.2 Å². The van der Waals surface area contributed by atoms with E-state index in [0.29, 0.717) is 22.9 Å². The lowest BCUT2D eigenvalue weighted by Gasteiger charge is -2.19. The molecule has 1 aliphatic carbocycles. The monoisotopic (exact) mass is 389 g/mol. The molecule has 7 heteroatoms. The average molecular weight is 390 g/mol. The van der Waals surface area contributed by atoms with Gasteiger partial charge in [-0.3, -0.25) is 4.98 Å². The fraction of sp³-hybridized carbons (Fsp3) is 0.368. The smallest absolute Gasteiger partial charge is 0.212 e. The van der Waals surface area contributed by atoms with Crippen LogP contribution in [0.5, 0.6) is 0 Å². The second-order valence-corrected chi connectivity index (χ2v) is 8.85. The molecule has 0 spiro atoms. The van der Waals surface area contributed by atoms with Crippen molar-refractivity contribution in [1.82, 2.24) is 9.71 Å². The number of hydrogen-bond acceptors (Lipinski definition) is 4. The van der Waals surface area contributed by atoms with Crippen LogP contribution in [0, 0.1) is 17.2 Å². The Hall–Kier alpha value is -1.94. The molecule has 136 valence electrons. The summed E-state index contributed by atoms with van der Waals surface area (Å²) in [5.74, 6) is 0.428. The number of hydrogen-bond donors (Lipinski definition) is 1. The molecule has 1 aromatic heterocycles. The van der Waals surface area contributed by atoms with E-state index in [9.17, 15) is 8.42 Å². The van der Waals surface area contributed by atoms with Crippen LogP contribution in [0.2, 0.25) is 5.02 Å². The van der Waals surface area contributed by atoms with Crippen molar-refractivity contribution in [3.8, 4) is 17.2 Å². The summed E-state index contributed by atoms with van der Waals surface area (Å²) >= 11 is 6.13. The minimum Gasteiger partial charge on any atom is -0.264 e. The predicted octanol–water partition coefficient (Wildman–Crippen LogP) is 4.05. The van der Waals surface area contributed by atoms with Crippen molar-refractivity contribution in [3.05, 3.63) is 52.8 Å². The summed E-state index contributed by atoms with van der Waals surface area (Å²) in [5.41, 5.74) is 2.96. The van der Waals surface area contributed by atoms with Gasteiger partial charge in [0.15, 0.2) is 0 Å². The van der Waals surface area contributed by atoms with Gasteiger partial charge in [0.25, 0.3) is 0 Å². The SMILES string of the molecule is CCCS(=O)(=O)NC(c1cncc(-c2ccc(C#N)c(Cl)c2)c1)C1CC1. The van der Waals surface area contributed by atoms with E-state index in [-0.39, 0.29) is 11.8 Å². The highest BCUT2D eigenvalue weighted by molar-refractivity contribution is 7.89. The van der Waals surface area contributed by atoms with Crippen molar-refractivity contribution in [1.29, 1.82) is 5.26 Å².